The third-order valence-corrected chi connectivity index (χ3v) is 7.25. The van der Waals surface area contributed by atoms with Gasteiger partial charge >= 0.3 is 0 Å². The van der Waals surface area contributed by atoms with E-state index in [1.807, 2.05) is 13.8 Å². The normalized spacial score (nSPS) is 12.1. The van der Waals surface area contributed by atoms with E-state index in [2.05, 4.69) is 5.32 Å². The van der Waals surface area contributed by atoms with Crippen molar-refractivity contribution in [2.75, 3.05) is 30.8 Å². The Morgan fingerprint density at radius 3 is 2.28 bits per heavy atom. The topological polar surface area (TPSA) is 96.0 Å². The van der Waals surface area contributed by atoms with Gasteiger partial charge in [0.25, 0.3) is 0 Å². The fourth-order valence-corrected chi connectivity index (χ4v) is 5.05. The minimum absolute atomic E-state index is 0.0896. The molecule has 2 amide bonds. The van der Waals surface area contributed by atoms with E-state index in [0.717, 1.165) is 29.0 Å². The standard InChI is InChI=1S/C25H33Cl2N3O5S/c1-5-7-14-28-25(32)22(6-2)29(16-18-8-11-20(35-3)12-9-18)24(31)17-30(36(4,33)34)23-13-10-19(26)15-21(23)27/h8-13,15,22H,5-7,14,16-17H2,1-4H3,(H,28,32). The summed E-state index contributed by atoms with van der Waals surface area (Å²) >= 11 is 12.2. The van der Waals surface area contributed by atoms with Crippen LogP contribution in [0.4, 0.5) is 5.69 Å². The Kier molecular flexibility index (Phi) is 11.3. The zero-order valence-corrected chi connectivity index (χ0v) is 23.3. The largest absolute Gasteiger partial charge is 0.497 e. The van der Waals surface area contributed by atoms with Gasteiger partial charge < -0.3 is 15.0 Å². The van der Waals surface area contributed by atoms with Crippen LogP contribution in [0, 0.1) is 0 Å². The van der Waals surface area contributed by atoms with Crippen LogP contribution in [0.3, 0.4) is 0 Å². The second-order valence-electron chi connectivity index (χ2n) is 8.30. The molecule has 0 bridgehead atoms. The maximum atomic E-state index is 13.7. The third kappa shape index (κ3) is 8.28. The number of hydrogen-bond acceptors (Lipinski definition) is 5. The van der Waals surface area contributed by atoms with Gasteiger partial charge in [-0.25, -0.2) is 8.42 Å². The summed E-state index contributed by atoms with van der Waals surface area (Å²) in [5, 5.41) is 3.31. The Labute approximate surface area is 223 Å². The third-order valence-electron chi connectivity index (χ3n) is 5.59. The zero-order chi connectivity index (χ0) is 26.9. The van der Waals surface area contributed by atoms with Crippen molar-refractivity contribution in [2.24, 2.45) is 0 Å². The monoisotopic (exact) mass is 557 g/mol. The lowest BCUT2D eigenvalue weighted by atomic mass is 10.1. The highest BCUT2D eigenvalue weighted by Gasteiger charge is 2.32. The molecule has 1 N–H and O–H groups in total. The van der Waals surface area contributed by atoms with E-state index in [9.17, 15) is 18.0 Å². The molecule has 1 atom stereocenters. The predicted molar refractivity (Wildman–Crippen MR) is 144 cm³/mol. The number of amides is 2. The first-order valence-electron chi connectivity index (χ1n) is 11.6. The number of anilines is 1. The number of hydrogen-bond donors (Lipinski definition) is 1. The highest BCUT2D eigenvalue weighted by molar-refractivity contribution is 7.92. The molecule has 2 aromatic carbocycles. The Morgan fingerprint density at radius 2 is 1.75 bits per heavy atom. The Morgan fingerprint density at radius 1 is 1.08 bits per heavy atom. The number of rotatable bonds is 13. The molecular weight excluding hydrogens is 525 g/mol. The number of methoxy groups -OCH3 is 1. The molecule has 11 heteroatoms. The minimum Gasteiger partial charge on any atom is -0.497 e. The lowest BCUT2D eigenvalue weighted by Crippen LogP contribution is -2.52. The predicted octanol–water partition coefficient (Wildman–Crippen LogP) is 4.49. The van der Waals surface area contributed by atoms with E-state index in [-0.39, 0.29) is 23.2 Å². The van der Waals surface area contributed by atoms with Gasteiger partial charge in [0, 0.05) is 18.1 Å². The van der Waals surface area contributed by atoms with Crippen LogP contribution in [-0.2, 0) is 26.2 Å². The first-order valence-corrected chi connectivity index (χ1v) is 14.2. The molecule has 0 aromatic heterocycles. The Bertz CT molecular complexity index is 1140. The first-order chi connectivity index (χ1) is 17.0. The van der Waals surface area contributed by atoms with E-state index >= 15 is 0 Å². The lowest BCUT2D eigenvalue weighted by molar-refractivity contribution is -0.140. The number of nitrogens with one attached hydrogen (secondary N) is 1. The minimum atomic E-state index is -3.89. The van der Waals surface area contributed by atoms with Crippen molar-refractivity contribution in [3.63, 3.8) is 0 Å². The van der Waals surface area contributed by atoms with Crippen molar-refractivity contribution >= 4 is 50.7 Å². The average molecular weight is 559 g/mol. The highest BCUT2D eigenvalue weighted by Crippen LogP contribution is 2.30. The Balaban J connectivity index is 2.43. The van der Waals surface area contributed by atoms with E-state index < -0.39 is 28.5 Å². The Hall–Kier alpha value is -2.49. The molecular formula is C25H33Cl2N3O5S. The van der Waals surface area contributed by atoms with Crippen LogP contribution in [0.5, 0.6) is 5.75 Å². The second-order valence-corrected chi connectivity index (χ2v) is 11.1. The second kappa shape index (κ2) is 13.7. The summed E-state index contributed by atoms with van der Waals surface area (Å²) in [6.45, 7) is 3.89. The summed E-state index contributed by atoms with van der Waals surface area (Å²) in [4.78, 5) is 28.1. The van der Waals surface area contributed by atoms with Gasteiger partial charge in [0.2, 0.25) is 21.8 Å². The molecule has 0 aliphatic rings. The number of ether oxygens (including phenoxy) is 1. The van der Waals surface area contributed by atoms with Crippen molar-refractivity contribution in [3.8, 4) is 5.75 Å². The van der Waals surface area contributed by atoms with E-state index in [1.54, 1.807) is 31.4 Å². The lowest BCUT2D eigenvalue weighted by Gasteiger charge is -2.33. The number of nitrogens with zero attached hydrogens (tertiary/aromatic N) is 2. The van der Waals surface area contributed by atoms with Crippen LogP contribution in [0.25, 0.3) is 0 Å². The molecule has 0 heterocycles. The van der Waals surface area contributed by atoms with Crippen LogP contribution in [0.2, 0.25) is 10.0 Å². The summed E-state index contributed by atoms with van der Waals surface area (Å²) in [6.07, 6.45) is 3.07. The van der Waals surface area contributed by atoms with Crippen molar-refractivity contribution in [2.45, 2.75) is 45.7 Å². The van der Waals surface area contributed by atoms with Gasteiger partial charge in [0.05, 0.1) is 24.1 Å². The van der Waals surface area contributed by atoms with Crippen molar-refractivity contribution < 1.29 is 22.7 Å². The molecule has 36 heavy (non-hydrogen) atoms. The summed E-state index contributed by atoms with van der Waals surface area (Å²) < 4.78 is 31.5. The maximum Gasteiger partial charge on any atom is 0.244 e. The molecule has 0 spiro atoms. The quantitative estimate of drug-likeness (QED) is 0.366. The summed E-state index contributed by atoms with van der Waals surface area (Å²) in [7, 11) is -2.34. The molecule has 2 rings (SSSR count). The molecule has 8 nitrogen and oxygen atoms in total. The molecule has 2 aromatic rings. The molecule has 0 aliphatic heterocycles. The van der Waals surface area contributed by atoms with Crippen LogP contribution in [0.15, 0.2) is 42.5 Å². The average Bonchev–Trinajstić information content (AvgIpc) is 2.82. The molecule has 0 aliphatic carbocycles. The maximum absolute atomic E-state index is 13.7. The van der Waals surface area contributed by atoms with Crippen molar-refractivity contribution in [1.29, 1.82) is 0 Å². The molecule has 0 radical (unpaired) electrons. The molecule has 0 fully saturated rings. The summed E-state index contributed by atoms with van der Waals surface area (Å²) in [5.41, 5.74) is 0.890. The fraction of sp³-hybridized carbons (Fsp3) is 0.440. The van der Waals surface area contributed by atoms with Gasteiger partial charge in [-0.05, 0) is 48.7 Å². The van der Waals surface area contributed by atoms with Gasteiger partial charge in [-0.2, -0.15) is 0 Å². The van der Waals surface area contributed by atoms with Crippen LogP contribution in [0.1, 0.15) is 38.7 Å². The number of halogens is 2. The number of carbonyl (C=O) groups is 2. The number of carbonyl (C=O) groups excluding carboxylic acids is 2. The van der Waals surface area contributed by atoms with Crippen LogP contribution < -0.4 is 14.4 Å². The van der Waals surface area contributed by atoms with Crippen molar-refractivity contribution in [3.05, 3.63) is 58.1 Å². The highest BCUT2D eigenvalue weighted by atomic mass is 35.5. The molecule has 1 unspecified atom stereocenters. The van der Waals surface area contributed by atoms with Crippen molar-refractivity contribution in [1.82, 2.24) is 10.2 Å². The van der Waals surface area contributed by atoms with Gasteiger partial charge in [0.15, 0.2) is 0 Å². The van der Waals surface area contributed by atoms with E-state index in [0.29, 0.717) is 23.7 Å². The number of sulfonamides is 1. The molecule has 0 saturated heterocycles. The smallest absolute Gasteiger partial charge is 0.244 e. The fourth-order valence-electron chi connectivity index (χ4n) is 3.63. The van der Waals surface area contributed by atoms with Gasteiger partial charge in [-0.15, -0.1) is 0 Å². The van der Waals surface area contributed by atoms with Crippen LogP contribution in [-0.4, -0.2) is 57.6 Å². The summed E-state index contributed by atoms with van der Waals surface area (Å²) in [5.74, 6) is -0.176. The molecule has 198 valence electrons. The molecule has 0 saturated carbocycles. The van der Waals surface area contributed by atoms with E-state index in [1.165, 1.54) is 23.1 Å². The SMILES string of the molecule is CCCCNC(=O)C(CC)N(Cc1ccc(OC)cc1)C(=O)CN(c1ccc(Cl)cc1Cl)S(C)(=O)=O. The summed E-state index contributed by atoms with van der Waals surface area (Å²) in [6, 6.07) is 10.7. The van der Waals surface area contributed by atoms with Gasteiger partial charge in [-0.3, -0.25) is 13.9 Å². The number of unbranched alkanes of at least 4 members (excludes halogenated alkanes) is 1. The first kappa shape index (κ1) is 29.7. The van der Waals surface area contributed by atoms with E-state index in [4.69, 9.17) is 27.9 Å². The number of benzene rings is 2. The van der Waals surface area contributed by atoms with Gasteiger partial charge in [0.1, 0.15) is 18.3 Å². The zero-order valence-electron chi connectivity index (χ0n) is 21.0. The van der Waals surface area contributed by atoms with Gasteiger partial charge in [-0.1, -0.05) is 55.6 Å². The van der Waals surface area contributed by atoms with Crippen LogP contribution >= 0.6 is 23.2 Å².